The van der Waals surface area contributed by atoms with E-state index in [0.717, 1.165) is 19.6 Å². The van der Waals surface area contributed by atoms with E-state index in [0.29, 0.717) is 0 Å². The predicted octanol–water partition coefficient (Wildman–Crippen LogP) is 5.05. The standard InChI is InChI=1S/C19H28O2/c1-4-5-7-12-17(13-16-10-8-6-9-11-16)18-20-14-19(2,3)15-21-18/h6,8-11,13,18H,4-5,7,12,14-15H2,1-3H3. The minimum Gasteiger partial charge on any atom is -0.348 e. The summed E-state index contributed by atoms with van der Waals surface area (Å²) in [7, 11) is 0. The van der Waals surface area contributed by atoms with Crippen molar-refractivity contribution in [3.05, 3.63) is 41.5 Å². The van der Waals surface area contributed by atoms with Crippen molar-refractivity contribution in [3.8, 4) is 0 Å². The Hall–Kier alpha value is -1.12. The first kappa shape index (κ1) is 16.3. The van der Waals surface area contributed by atoms with Crippen molar-refractivity contribution >= 4 is 6.08 Å². The lowest BCUT2D eigenvalue weighted by Crippen LogP contribution is -2.38. The minimum atomic E-state index is -0.171. The van der Waals surface area contributed by atoms with E-state index in [-0.39, 0.29) is 11.7 Å². The normalized spacial score (nSPS) is 19.7. The second kappa shape index (κ2) is 7.77. The van der Waals surface area contributed by atoms with Crippen molar-refractivity contribution in [2.24, 2.45) is 5.41 Å². The van der Waals surface area contributed by atoms with Gasteiger partial charge in [-0.2, -0.15) is 0 Å². The van der Waals surface area contributed by atoms with Crippen LogP contribution < -0.4 is 0 Å². The summed E-state index contributed by atoms with van der Waals surface area (Å²) < 4.78 is 11.9. The Kier molecular flexibility index (Phi) is 6.01. The molecule has 1 aromatic carbocycles. The van der Waals surface area contributed by atoms with Gasteiger partial charge >= 0.3 is 0 Å². The van der Waals surface area contributed by atoms with Gasteiger partial charge in [-0.3, -0.25) is 0 Å². The molecule has 0 bridgehead atoms. The van der Waals surface area contributed by atoms with Crippen LogP contribution in [0.1, 0.15) is 52.0 Å². The molecule has 1 fully saturated rings. The first-order valence-corrected chi connectivity index (χ1v) is 8.09. The SMILES string of the molecule is CCCCCC(=Cc1ccccc1)C1OCC(C)(C)CO1. The highest BCUT2D eigenvalue weighted by atomic mass is 16.7. The zero-order chi connectivity index (χ0) is 15.1. The molecule has 1 aliphatic rings. The van der Waals surface area contributed by atoms with E-state index in [1.807, 2.05) is 6.07 Å². The summed E-state index contributed by atoms with van der Waals surface area (Å²) in [5.74, 6) is 0. The first-order chi connectivity index (χ1) is 10.1. The molecule has 0 amide bonds. The second-order valence-electron chi connectivity index (χ2n) is 6.71. The quantitative estimate of drug-likeness (QED) is 0.682. The van der Waals surface area contributed by atoms with Crippen LogP contribution in [0.5, 0.6) is 0 Å². The lowest BCUT2D eigenvalue weighted by Gasteiger charge is -2.35. The zero-order valence-corrected chi connectivity index (χ0v) is 13.6. The molecule has 0 N–H and O–H groups in total. The molecule has 1 aromatic rings. The number of benzene rings is 1. The molecule has 21 heavy (non-hydrogen) atoms. The Labute approximate surface area is 129 Å². The fraction of sp³-hybridized carbons (Fsp3) is 0.579. The molecule has 2 rings (SSSR count). The Morgan fingerprint density at radius 3 is 2.43 bits per heavy atom. The molecule has 1 saturated heterocycles. The molecule has 0 saturated carbocycles. The summed E-state index contributed by atoms with van der Waals surface area (Å²) in [4.78, 5) is 0. The fourth-order valence-corrected chi connectivity index (χ4v) is 2.51. The van der Waals surface area contributed by atoms with Gasteiger partial charge in [0.15, 0.2) is 6.29 Å². The maximum Gasteiger partial charge on any atom is 0.180 e. The van der Waals surface area contributed by atoms with Crippen LogP contribution in [0, 0.1) is 5.41 Å². The van der Waals surface area contributed by atoms with Gasteiger partial charge in [-0.15, -0.1) is 0 Å². The zero-order valence-electron chi connectivity index (χ0n) is 13.6. The topological polar surface area (TPSA) is 18.5 Å². The van der Waals surface area contributed by atoms with Crippen molar-refractivity contribution < 1.29 is 9.47 Å². The molecule has 0 unspecified atom stereocenters. The van der Waals surface area contributed by atoms with Crippen molar-refractivity contribution in [3.63, 3.8) is 0 Å². The highest BCUT2D eigenvalue weighted by molar-refractivity contribution is 5.53. The summed E-state index contributed by atoms with van der Waals surface area (Å²) in [6.45, 7) is 8.12. The molecular weight excluding hydrogens is 260 g/mol. The Morgan fingerprint density at radius 1 is 1.14 bits per heavy atom. The molecule has 116 valence electrons. The van der Waals surface area contributed by atoms with Crippen LogP contribution in [0.4, 0.5) is 0 Å². The van der Waals surface area contributed by atoms with Crippen molar-refractivity contribution in [1.29, 1.82) is 0 Å². The molecule has 0 radical (unpaired) electrons. The average molecular weight is 288 g/mol. The molecule has 0 aromatic heterocycles. The van der Waals surface area contributed by atoms with Gasteiger partial charge in [-0.1, -0.05) is 70.0 Å². The van der Waals surface area contributed by atoms with E-state index in [4.69, 9.17) is 9.47 Å². The number of hydrogen-bond acceptors (Lipinski definition) is 2. The summed E-state index contributed by atoms with van der Waals surface area (Å²) in [5.41, 5.74) is 2.61. The van der Waals surface area contributed by atoms with Crippen molar-refractivity contribution in [2.45, 2.75) is 52.7 Å². The van der Waals surface area contributed by atoms with Gasteiger partial charge in [0.25, 0.3) is 0 Å². The van der Waals surface area contributed by atoms with Crippen molar-refractivity contribution in [2.75, 3.05) is 13.2 Å². The molecule has 1 heterocycles. The third-order valence-electron chi connectivity index (χ3n) is 3.77. The Bertz CT molecular complexity index is 438. The molecule has 0 aliphatic carbocycles. The maximum absolute atomic E-state index is 5.97. The van der Waals surface area contributed by atoms with Gasteiger partial charge in [0, 0.05) is 5.41 Å². The summed E-state index contributed by atoms with van der Waals surface area (Å²) in [6, 6.07) is 10.5. The van der Waals surface area contributed by atoms with E-state index < -0.39 is 0 Å². The minimum absolute atomic E-state index is 0.123. The van der Waals surface area contributed by atoms with Crippen LogP contribution in [0.3, 0.4) is 0 Å². The van der Waals surface area contributed by atoms with Crippen molar-refractivity contribution in [1.82, 2.24) is 0 Å². The van der Waals surface area contributed by atoms with E-state index in [2.05, 4.69) is 51.1 Å². The number of hydrogen-bond donors (Lipinski definition) is 0. The molecule has 2 heteroatoms. The van der Waals surface area contributed by atoms with E-state index in [1.165, 1.54) is 30.4 Å². The van der Waals surface area contributed by atoms with Crippen LogP contribution in [-0.2, 0) is 9.47 Å². The third-order valence-corrected chi connectivity index (χ3v) is 3.77. The van der Waals surface area contributed by atoms with Gasteiger partial charge in [0.2, 0.25) is 0 Å². The highest BCUT2D eigenvalue weighted by Crippen LogP contribution is 2.29. The number of rotatable bonds is 6. The summed E-state index contributed by atoms with van der Waals surface area (Å²) in [6.07, 6.45) is 6.80. The first-order valence-electron chi connectivity index (χ1n) is 8.09. The molecule has 0 spiro atoms. The predicted molar refractivity (Wildman–Crippen MR) is 88.0 cm³/mol. The van der Waals surface area contributed by atoms with E-state index in [1.54, 1.807) is 0 Å². The van der Waals surface area contributed by atoms with Gasteiger partial charge in [-0.05, 0) is 24.0 Å². The maximum atomic E-state index is 5.97. The van der Waals surface area contributed by atoms with Crippen LogP contribution in [0.15, 0.2) is 35.9 Å². The van der Waals surface area contributed by atoms with Gasteiger partial charge in [-0.25, -0.2) is 0 Å². The number of ether oxygens (including phenoxy) is 2. The van der Waals surface area contributed by atoms with E-state index in [9.17, 15) is 0 Å². The van der Waals surface area contributed by atoms with Crippen LogP contribution in [0.2, 0.25) is 0 Å². The monoisotopic (exact) mass is 288 g/mol. The fourth-order valence-electron chi connectivity index (χ4n) is 2.51. The summed E-state index contributed by atoms with van der Waals surface area (Å²) >= 11 is 0. The third kappa shape index (κ3) is 5.29. The number of unbranched alkanes of at least 4 members (excludes halogenated alkanes) is 2. The Morgan fingerprint density at radius 2 is 1.81 bits per heavy atom. The largest absolute Gasteiger partial charge is 0.348 e. The lowest BCUT2D eigenvalue weighted by molar-refractivity contribution is -0.203. The van der Waals surface area contributed by atoms with E-state index >= 15 is 0 Å². The van der Waals surface area contributed by atoms with Crippen LogP contribution in [0.25, 0.3) is 6.08 Å². The smallest absolute Gasteiger partial charge is 0.180 e. The van der Waals surface area contributed by atoms with Gasteiger partial charge in [0.05, 0.1) is 13.2 Å². The van der Waals surface area contributed by atoms with Crippen LogP contribution >= 0.6 is 0 Å². The average Bonchev–Trinajstić information content (AvgIpc) is 2.48. The van der Waals surface area contributed by atoms with Gasteiger partial charge < -0.3 is 9.47 Å². The van der Waals surface area contributed by atoms with Gasteiger partial charge in [0.1, 0.15) is 0 Å². The Balaban J connectivity index is 2.07. The second-order valence-corrected chi connectivity index (χ2v) is 6.71. The molecule has 2 nitrogen and oxygen atoms in total. The molecule has 0 atom stereocenters. The summed E-state index contributed by atoms with van der Waals surface area (Å²) in [5, 5.41) is 0. The van der Waals surface area contributed by atoms with Crippen LogP contribution in [-0.4, -0.2) is 19.5 Å². The lowest BCUT2D eigenvalue weighted by atomic mass is 9.95. The molecule has 1 aliphatic heterocycles. The molecular formula is C19H28O2. The highest BCUT2D eigenvalue weighted by Gasteiger charge is 2.29.